The minimum atomic E-state index is 0.160. The van der Waals surface area contributed by atoms with E-state index in [1.807, 2.05) is 46.1 Å². The molecule has 1 nitrogen and oxygen atoms in total. The zero-order valence-corrected chi connectivity index (χ0v) is 10.3. The molecule has 0 aliphatic rings. The van der Waals surface area contributed by atoms with Crippen molar-refractivity contribution in [2.45, 2.75) is 41.5 Å². The molecule has 2 heteroatoms. The third-order valence-corrected chi connectivity index (χ3v) is 2.23. The average molecular weight is 200 g/mol. The maximum absolute atomic E-state index is 10.7. The van der Waals surface area contributed by atoms with Gasteiger partial charge in [-0.1, -0.05) is 27.7 Å². The Hall–Kier alpha value is -0.630. The highest BCUT2D eigenvalue weighted by Crippen LogP contribution is 2.13. The lowest BCUT2D eigenvalue weighted by Crippen LogP contribution is -1.83. The Labute approximate surface area is 85.8 Å². The van der Waals surface area contributed by atoms with Crippen molar-refractivity contribution in [3.05, 3.63) is 21.9 Å². The van der Waals surface area contributed by atoms with Crippen molar-refractivity contribution in [1.82, 2.24) is 0 Å². The molecule has 1 rings (SSSR count). The van der Waals surface area contributed by atoms with E-state index < -0.39 is 0 Å². The van der Waals surface area contributed by atoms with Gasteiger partial charge in [0.15, 0.2) is 5.78 Å². The van der Waals surface area contributed by atoms with E-state index in [-0.39, 0.29) is 5.78 Å². The number of Topliss-reactive ketones (excluding diaryl/α,β-unsaturated/α-hetero) is 1. The molecule has 0 atom stereocenters. The van der Waals surface area contributed by atoms with Crippen molar-refractivity contribution in [1.29, 1.82) is 0 Å². The highest BCUT2D eigenvalue weighted by Gasteiger charge is 1.99. The van der Waals surface area contributed by atoms with Gasteiger partial charge in [-0.25, -0.2) is 0 Å². The number of aryl methyl sites for hydroxylation is 1. The van der Waals surface area contributed by atoms with Crippen LogP contribution in [0.15, 0.2) is 11.4 Å². The van der Waals surface area contributed by atoms with Crippen LogP contribution >= 0.6 is 11.3 Å². The van der Waals surface area contributed by atoms with E-state index in [9.17, 15) is 4.79 Å². The van der Waals surface area contributed by atoms with Crippen LogP contribution in [0.4, 0.5) is 0 Å². The predicted octanol–water partition coefficient (Wildman–Crippen LogP) is 4.31. The number of carbonyl (C=O) groups excluding carboxylic acids is 1. The Bertz CT molecular complexity index is 226. The van der Waals surface area contributed by atoms with E-state index in [0.717, 1.165) is 4.88 Å². The molecule has 0 aliphatic carbocycles. The lowest BCUT2D eigenvalue weighted by molar-refractivity contribution is 0.102. The Morgan fingerprint density at radius 3 is 1.85 bits per heavy atom. The van der Waals surface area contributed by atoms with Gasteiger partial charge in [0.2, 0.25) is 0 Å². The van der Waals surface area contributed by atoms with Gasteiger partial charge in [0.05, 0.1) is 4.88 Å². The average Bonchev–Trinajstić information content (AvgIpc) is 2.59. The standard InChI is InChI=1S/C7H8OS.2C2H6/c1-5-3-7(6(2)8)9-4-5;2*1-2/h3-4H,1-2H3;2*1-2H3. The van der Waals surface area contributed by atoms with Gasteiger partial charge in [-0.05, 0) is 30.9 Å². The molecule has 76 valence electrons. The van der Waals surface area contributed by atoms with Crippen LogP contribution in [0.1, 0.15) is 49.9 Å². The number of carbonyl (C=O) groups is 1. The van der Waals surface area contributed by atoms with Gasteiger partial charge in [-0.2, -0.15) is 0 Å². The molecule has 0 aliphatic heterocycles. The van der Waals surface area contributed by atoms with Crippen LogP contribution in [-0.4, -0.2) is 5.78 Å². The summed E-state index contributed by atoms with van der Waals surface area (Å²) in [5, 5.41) is 1.98. The normalized spacial score (nSPS) is 7.54. The Morgan fingerprint density at radius 2 is 1.69 bits per heavy atom. The number of hydrogen-bond donors (Lipinski definition) is 0. The first-order chi connectivity index (χ1) is 6.20. The van der Waals surface area contributed by atoms with Crippen LogP contribution < -0.4 is 0 Å². The minimum absolute atomic E-state index is 0.160. The molecule has 0 aromatic carbocycles. The Balaban J connectivity index is 0. The van der Waals surface area contributed by atoms with Crippen LogP contribution in [-0.2, 0) is 0 Å². The van der Waals surface area contributed by atoms with Crippen molar-refractivity contribution in [3.63, 3.8) is 0 Å². The van der Waals surface area contributed by atoms with Gasteiger partial charge < -0.3 is 0 Å². The van der Waals surface area contributed by atoms with Crippen LogP contribution in [0.5, 0.6) is 0 Å². The molecule has 0 radical (unpaired) electrons. The molecular formula is C11H20OS. The molecule has 13 heavy (non-hydrogen) atoms. The fraction of sp³-hybridized carbons (Fsp3) is 0.545. The van der Waals surface area contributed by atoms with E-state index in [1.54, 1.807) is 6.92 Å². The predicted molar refractivity (Wildman–Crippen MR) is 61.8 cm³/mol. The summed E-state index contributed by atoms with van der Waals surface area (Å²) in [6, 6.07) is 1.91. The molecule has 0 fully saturated rings. The molecule has 0 saturated carbocycles. The molecule has 0 saturated heterocycles. The number of rotatable bonds is 1. The van der Waals surface area contributed by atoms with E-state index in [2.05, 4.69) is 0 Å². The summed E-state index contributed by atoms with van der Waals surface area (Å²) in [5.74, 6) is 0.160. The van der Waals surface area contributed by atoms with Gasteiger partial charge >= 0.3 is 0 Å². The lowest BCUT2D eigenvalue weighted by atomic mass is 10.3. The smallest absolute Gasteiger partial charge is 0.169 e. The lowest BCUT2D eigenvalue weighted by Gasteiger charge is -1.80. The maximum Gasteiger partial charge on any atom is 0.169 e. The van der Waals surface area contributed by atoms with Crippen LogP contribution in [0.25, 0.3) is 0 Å². The SMILES string of the molecule is CC.CC.CC(=O)c1cc(C)cs1. The van der Waals surface area contributed by atoms with Crippen molar-refractivity contribution in [2.24, 2.45) is 0 Å². The number of hydrogen-bond acceptors (Lipinski definition) is 2. The third kappa shape index (κ3) is 6.52. The van der Waals surface area contributed by atoms with Crippen molar-refractivity contribution in [2.75, 3.05) is 0 Å². The van der Waals surface area contributed by atoms with Gasteiger partial charge in [0.1, 0.15) is 0 Å². The zero-order chi connectivity index (χ0) is 10.9. The second-order valence-corrected chi connectivity index (χ2v) is 2.96. The first kappa shape index (κ1) is 14.9. The molecule has 0 bridgehead atoms. The van der Waals surface area contributed by atoms with Crippen LogP contribution in [0.2, 0.25) is 0 Å². The molecule has 1 aromatic rings. The summed E-state index contributed by atoms with van der Waals surface area (Å²) in [7, 11) is 0. The van der Waals surface area contributed by atoms with E-state index >= 15 is 0 Å². The first-order valence-electron chi connectivity index (χ1n) is 4.76. The molecule has 0 unspecified atom stereocenters. The summed E-state index contributed by atoms with van der Waals surface area (Å²) in [4.78, 5) is 11.5. The first-order valence-corrected chi connectivity index (χ1v) is 5.64. The summed E-state index contributed by atoms with van der Waals surface area (Å²) in [5.41, 5.74) is 1.17. The van der Waals surface area contributed by atoms with Gasteiger partial charge in [-0.3, -0.25) is 4.79 Å². The molecule has 1 heterocycles. The molecule has 0 spiro atoms. The van der Waals surface area contributed by atoms with Gasteiger partial charge in [-0.15, -0.1) is 11.3 Å². The summed E-state index contributed by atoms with van der Waals surface area (Å²) >= 11 is 1.51. The van der Waals surface area contributed by atoms with E-state index in [0.29, 0.717) is 0 Å². The fourth-order valence-electron chi connectivity index (χ4n) is 0.616. The highest BCUT2D eigenvalue weighted by molar-refractivity contribution is 7.12. The van der Waals surface area contributed by atoms with Gasteiger partial charge in [0.25, 0.3) is 0 Å². The Morgan fingerprint density at radius 1 is 1.23 bits per heavy atom. The highest BCUT2D eigenvalue weighted by atomic mass is 32.1. The van der Waals surface area contributed by atoms with Crippen LogP contribution in [0, 0.1) is 6.92 Å². The summed E-state index contributed by atoms with van der Waals surface area (Å²) in [6.45, 7) is 11.6. The van der Waals surface area contributed by atoms with E-state index in [1.165, 1.54) is 16.9 Å². The number of ketones is 1. The van der Waals surface area contributed by atoms with Gasteiger partial charge in [0, 0.05) is 0 Å². The second kappa shape index (κ2) is 9.46. The summed E-state index contributed by atoms with van der Waals surface area (Å²) < 4.78 is 0. The maximum atomic E-state index is 10.7. The van der Waals surface area contributed by atoms with E-state index in [4.69, 9.17) is 0 Å². The topological polar surface area (TPSA) is 17.1 Å². The molecule has 0 N–H and O–H groups in total. The number of thiophene rings is 1. The minimum Gasteiger partial charge on any atom is -0.294 e. The zero-order valence-electron chi connectivity index (χ0n) is 9.47. The quantitative estimate of drug-likeness (QED) is 0.617. The van der Waals surface area contributed by atoms with Crippen molar-refractivity contribution >= 4 is 17.1 Å². The van der Waals surface area contributed by atoms with Crippen molar-refractivity contribution < 1.29 is 4.79 Å². The molecule has 1 aromatic heterocycles. The largest absolute Gasteiger partial charge is 0.294 e. The monoisotopic (exact) mass is 200 g/mol. The third-order valence-electron chi connectivity index (χ3n) is 1.08. The fourth-order valence-corrected chi connectivity index (χ4v) is 1.42. The second-order valence-electron chi connectivity index (χ2n) is 2.04. The molecule has 0 amide bonds. The van der Waals surface area contributed by atoms with Crippen LogP contribution in [0.3, 0.4) is 0 Å². The van der Waals surface area contributed by atoms with Crippen molar-refractivity contribution in [3.8, 4) is 0 Å². The molecular weight excluding hydrogens is 180 g/mol. The summed E-state index contributed by atoms with van der Waals surface area (Å²) in [6.07, 6.45) is 0. The Kier molecular flexibility index (Phi) is 10.8.